The third kappa shape index (κ3) is 4.80. The fourth-order valence-electron chi connectivity index (χ4n) is 3.38. The molecule has 0 radical (unpaired) electrons. The molecular formula is C22H24N6O3. The molecule has 2 amide bonds. The number of carbonyl (C=O) groups excluding carboxylic acids is 2. The SMILES string of the molecule is COc1cccc(NC(=O)CN(C)C(=O)CCc2c(C)nc3c(C#N)cnn3c2C)c1. The van der Waals surface area contributed by atoms with E-state index >= 15 is 0 Å². The maximum Gasteiger partial charge on any atom is 0.243 e. The smallest absolute Gasteiger partial charge is 0.243 e. The lowest BCUT2D eigenvalue weighted by molar-refractivity contribution is -0.133. The van der Waals surface area contributed by atoms with E-state index in [1.165, 1.54) is 11.1 Å². The fraction of sp³-hybridized carbons (Fsp3) is 0.318. The topological polar surface area (TPSA) is 113 Å². The summed E-state index contributed by atoms with van der Waals surface area (Å²) in [6.07, 6.45) is 2.17. The fourth-order valence-corrected chi connectivity index (χ4v) is 3.38. The summed E-state index contributed by atoms with van der Waals surface area (Å²) in [7, 11) is 3.15. The highest BCUT2D eigenvalue weighted by Crippen LogP contribution is 2.19. The largest absolute Gasteiger partial charge is 0.497 e. The van der Waals surface area contributed by atoms with Crippen LogP contribution in [0.3, 0.4) is 0 Å². The average molecular weight is 420 g/mol. The molecule has 0 unspecified atom stereocenters. The lowest BCUT2D eigenvalue weighted by Gasteiger charge is -2.18. The van der Waals surface area contributed by atoms with E-state index in [1.807, 2.05) is 13.8 Å². The second-order valence-corrected chi connectivity index (χ2v) is 7.20. The first-order valence-electron chi connectivity index (χ1n) is 9.75. The summed E-state index contributed by atoms with van der Waals surface area (Å²) in [5.74, 6) is 0.190. The third-order valence-electron chi connectivity index (χ3n) is 5.08. The first-order valence-corrected chi connectivity index (χ1v) is 9.75. The van der Waals surface area contributed by atoms with Crippen molar-refractivity contribution in [2.24, 2.45) is 0 Å². The number of nitrogens with one attached hydrogen (secondary N) is 1. The molecule has 0 aliphatic rings. The normalized spacial score (nSPS) is 10.5. The molecule has 0 spiro atoms. The van der Waals surface area contributed by atoms with Crippen LogP contribution in [0.15, 0.2) is 30.5 Å². The van der Waals surface area contributed by atoms with Gasteiger partial charge in [-0.2, -0.15) is 10.4 Å². The molecule has 1 N–H and O–H groups in total. The van der Waals surface area contributed by atoms with Gasteiger partial charge >= 0.3 is 0 Å². The number of nitriles is 1. The van der Waals surface area contributed by atoms with Crippen LogP contribution in [0.5, 0.6) is 5.75 Å². The van der Waals surface area contributed by atoms with Crippen molar-refractivity contribution in [3.8, 4) is 11.8 Å². The van der Waals surface area contributed by atoms with Crippen molar-refractivity contribution in [2.75, 3.05) is 26.0 Å². The van der Waals surface area contributed by atoms with Gasteiger partial charge in [0.05, 0.1) is 19.9 Å². The van der Waals surface area contributed by atoms with E-state index in [1.54, 1.807) is 42.9 Å². The molecule has 0 bridgehead atoms. The molecule has 0 aliphatic heterocycles. The molecular weight excluding hydrogens is 396 g/mol. The van der Waals surface area contributed by atoms with E-state index in [-0.39, 0.29) is 24.8 Å². The van der Waals surface area contributed by atoms with Crippen LogP contribution in [0.2, 0.25) is 0 Å². The maximum absolute atomic E-state index is 12.6. The van der Waals surface area contributed by atoms with Crippen molar-refractivity contribution in [3.05, 3.63) is 53.0 Å². The zero-order valence-electron chi connectivity index (χ0n) is 18.0. The van der Waals surface area contributed by atoms with Crippen LogP contribution in [0, 0.1) is 25.2 Å². The summed E-state index contributed by atoms with van der Waals surface area (Å²) in [6, 6.07) is 9.10. The van der Waals surface area contributed by atoms with Crippen molar-refractivity contribution in [1.82, 2.24) is 19.5 Å². The molecule has 0 aliphatic carbocycles. The number of aryl methyl sites for hydroxylation is 2. The monoisotopic (exact) mass is 420 g/mol. The number of hydrogen-bond donors (Lipinski definition) is 1. The zero-order chi connectivity index (χ0) is 22.5. The Morgan fingerprint density at radius 2 is 2.10 bits per heavy atom. The number of hydrogen-bond acceptors (Lipinski definition) is 6. The molecule has 3 aromatic rings. The maximum atomic E-state index is 12.6. The number of methoxy groups -OCH3 is 1. The van der Waals surface area contributed by atoms with Gasteiger partial charge in [0.1, 0.15) is 17.4 Å². The zero-order valence-corrected chi connectivity index (χ0v) is 18.0. The summed E-state index contributed by atoms with van der Waals surface area (Å²) >= 11 is 0. The van der Waals surface area contributed by atoms with E-state index in [0.717, 1.165) is 17.0 Å². The minimum Gasteiger partial charge on any atom is -0.497 e. The van der Waals surface area contributed by atoms with Crippen molar-refractivity contribution < 1.29 is 14.3 Å². The summed E-state index contributed by atoms with van der Waals surface area (Å²) in [5.41, 5.74) is 4.03. The van der Waals surface area contributed by atoms with Crippen LogP contribution >= 0.6 is 0 Å². The van der Waals surface area contributed by atoms with E-state index in [4.69, 9.17) is 4.74 Å². The van der Waals surface area contributed by atoms with Gasteiger partial charge in [-0.15, -0.1) is 0 Å². The van der Waals surface area contributed by atoms with Gasteiger partial charge in [0.15, 0.2) is 5.65 Å². The van der Waals surface area contributed by atoms with Crippen LogP contribution < -0.4 is 10.1 Å². The van der Waals surface area contributed by atoms with Gasteiger partial charge in [0.25, 0.3) is 0 Å². The standard InChI is InChI=1S/C22H24N6O3/c1-14-19(15(2)28-22(25-14)16(11-23)12-24-28)8-9-21(30)27(3)13-20(29)26-17-6-5-7-18(10-17)31-4/h5-7,10,12H,8-9,13H2,1-4H3,(H,26,29). The third-order valence-corrected chi connectivity index (χ3v) is 5.08. The number of ether oxygens (including phenoxy) is 1. The van der Waals surface area contributed by atoms with Crippen molar-refractivity contribution in [1.29, 1.82) is 5.26 Å². The molecule has 3 rings (SSSR count). The molecule has 160 valence electrons. The number of nitrogens with zero attached hydrogens (tertiary/aromatic N) is 5. The lowest BCUT2D eigenvalue weighted by atomic mass is 10.1. The predicted octanol–water partition coefficient (Wildman–Crippen LogP) is 2.26. The number of amides is 2. The number of aromatic nitrogens is 3. The van der Waals surface area contributed by atoms with Gasteiger partial charge in [-0.1, -0.05) is 6.07 Å². The van der Waals surface area contributed by atoms with E-state index in [0.29, 0.717) is 29.1 Å². The molecule has 9 nitrogen and oxygen atoms in total. The molecule has 2 heterocycles. The Balaban J connectivity index is 1.61. The van der Waals surface area contributed by atoms with Crippen LogP contribution in [0.25, 0.3) is 5.65 Å². The minimum absolute atomic E-state index is 0.0595. The number of rotatable bonds is 7. The predicted molar refractivity (Wildman–Crippen MR) is 115 cm³/mol. The molecule has 2 aromatic heterocycles. The van der Waals surface area contributed by atoms with E-state index in [9.17, 15) is 14.9 Å². The Kier molecular flexibility index (Phi) is 6.50. The quantitative estimate of drug-likeness (QED) is 0.627. The van der Waals surface area contributed by atoms with Gasteiger partial charge in [-0.05, 0) is 38.0 Å². The Hall–Kier alpha value is -3.93. The van der Waals surface area contributed by atoms with Crippen LogP contribution in [0.4, 0.5) is 5.69 Å². The highest BCUT2D eigenvalue weighted by atomic mass is 16.5. The molecule has 31 heavy (non-hydrogen) atoms. The first-order chi connectivity index (χ1) is 14.8. The summed E-state index contributed by atoms with van der Waals surface area (Å²) in [4.78, 5) is 30.7. The Morgan fingerprint density at radius 1 is 1.32 bits per heavy atom. The minimum atomic E-state index is -0.292. The molecule has 9 heteroatoms. The molecule has 0 fully saturated rings. The van der Waals surface area contributed by atoms with Gasteiger partial charge in [-0.3, -0.25) is 9.59 Å². The van der Waals surface area contributed by atoms with Crippen LogP contribution in [-0.2, 0) is 16.0 Å². The number of benzene rings is 1. The Labute approximate surface area is 180 Å². The van der Waals surface area contributed by atoms with Crippen molar-refractivity contribution in [2.45, 2.75) is 26.7 Å². The number of fused-ring (bicyclic) bond motifs is 1. The van der Waals surface area contributed by atoms with Gasteiger partial charge in [-0.25, -0.2) is 9.50 Å². The Bertz CT molecular complexity index is 1180. The van der Waals surface area contributed by atoms with E-state index < -0.39 is 0 Å². The highest BCUT2D eigenvalue weighted by Gasteiger charge is 2.17. The van der Waals surface area contributed by atoms with Crippen LogP contribution in [-0.4, -0.2) is 52.0 Å². The molecule has 0 saturated carbocycles. The van der Waals surface area contributed by atoms with Gasteiger partial charge < -0.3 is 15.0 Å². The van der Waals surface area contributed by atoms with Crippen molar-refractivity contribution >= 4 is 23.1 Å². The van der Waals surface area contributed by atoms with E-state index in [2.05, 4.69) is 21.5 Å². The Morgan fingerprint density at radius 3 is 2.81 bits per heavy atom. The molecule has 0 atom stereocenters. The number of anilines is 1. The number of likely N-dealkylation sites (N-methyl/N-ethyl adjacent to an activating group) is 1. The van der Waals surface area contributed by atoms with Crippen LogP contribution in [0.1, 0.15) is 28.9 Å². The second kappa shape index (κ2) is 9.26. The molecule has 0 saturated heterocycles. The number of carbonyl (C=O) groups is 2. The van der Waals surface area contributed by atoms with Crippen molar-refractivity contribution in [3.63, 3.8) is 0 Å². The second-order valence-electron chi connectivity index (χ2n) is 7.20. The molecule has 1 aromatic carbocycles. The first kappa shape index (κ1) is 21.8. The van der Waals surface area contributed by atoms with Gasteiger partial charge in [0.2, 0.25) is 11.8 Å². The highest BCUT2D eigenvalue weighted by molar-refractivity contribution is 5.94. The lowest BCUT2D eigenvalue weighted by Crippen LogP contribution is -2.35. The average Bonchev–Trinajstić information content (AvgIpc) is 3.16. The summed E-state index contributed by atoms with van der Waals surface area (Å²) < 4.78 is 6.76. The van der Waals surface area contributed by atoms with Gasteiger partial charge in [0, 0.05) is 36.6 Å². The summed E-state index contributed by atoms with van der Waals surface area (Å²) in [6.45, 7) is 3.68. The summed E-state index contributed by atoms with van der Waals surface area (Å²) in [5, 5.41) is 16.2.